The molecule has 1 aliphatic heterocycles. The van der Waals surface area contributed by atoms with Gasteiger partial charge < -0.3 is 10.1 Å². The lowest BCUT2D eigenvalue weighted by atomic mass is 10.1. The molecule has 1 aromatic carbocycles. The van der Waals surface area contributed by atoms with E-state index in [0.29, 0.717) is 18.0 Å². The molecule has 0 saturated carbocycles. The van der Waals surface area contributed by atoms with Crippen molar-refractivity contribution in [1.82, 2.24) is 5.32 Å². The monoisotopic (exact) mass is 315 g/mol. The molecule has 1 amide bonds. The Morgan fingerprint density at radius 3 is 3.11 bits per heavy atom. The molecule has 0 spiro atoms. The van der Waals surface area contributed by atoms with Crippen LogP contribution in [0.5, 0.6) is 0 Å². The molecule has 98 valence electrons. The predicted octanol–water partition coefficient (Wildman–Crippen LogP) is 2.74. The van der Waals surface area contributed by atoms with E-state index >= 15 is 0 Å². The molecule has 1 heterocycles. The van der Waals surface area contributed by atoms with Gasteiger partial charge in [0.05, 0.1) is 10.0 Å². The fourth-order valence-electron chi connectivity index (χ4n) is 1.98. The number of hydrogen-bond donors (Lipinski definition) is 1. The van der Waals surface area contributed by atoms with Crippen LogP contribution in [0.1, 0.15) is 23.2 Å². The minimum Gasteiger partial charge on any atom is -0.381 e. The average Bonchev–Trinajstić information content (AvgIpc) is 2.85. The Balaban J connectivity index is 1.85. The van der Waals surface area contributed by atoms with Crippen LogP contribution in [0.25, 0.3) is 0 Å². The smallest absolute Gasteiger partial charge is 0.252 e. The van der Waals surface area contributed by atoms with Crippen molar-refractivity contribution in [2.45, 2.75) is 12.8 Å². The van der Waals surface area contributed by atoms with Crippen LogP contribution in [0, 0.1) is 11.7 Å². The van der Waals surface area contributed by atoms with Crippen molar-refractivity contribution in [3.05, 3.63) is 34.1 Å². The Hall–Kier alpha value is -0.940. The molecule has 1 N–H and O–H groups in total. The van der Waals surface area contributed by atoms with Crippen molar-refractivity contribution in [3.8, 4) is 0 Å². The number of ether oxygens (including phenoxy) is 1. The standard InChI is InChI=1S/C13H15BrFNO2/c14-12-10(2-1-3-11(12)15)13(17)16-6-4-9-5-7-18-8-9/h1-3,9H,4-8H2,(H,16,17). The molecule has 0 radical (unpaired) electrons. The van der Waals surface area contributed by atoms with Gasteiger partial charge in [0.2, 0.25) is 0 Å². The Morgan fingerprint density at radius 1 is 1.56 bits per heavy atom. The summed E-state index contributed by atoms with van der Waals surface area (Å²) in [5.74, 6) is -0.145. The number of halogens is 2. The second-order valence-electron chi connectivity index (χ2n) is 4.38. The molecule has 1 aromatic rings. The van der Waals surface area contributed by atoms with Crippen LogP contribution in [0.3, 0.4) is 0 Å². The van der Waals surface area contributed by atoms with Gasteiger partial charge in [0.25, 0.3) is 5.91 Å². The van der Waals surface area contributed by atoms with Crippen molar-refractivity contribution in [2.75, 3.05) is 19.8 Å². The van der Waals surface area contributed by atoms with Crippen LogP contribution in [-0.2, 0) is 4.74 Å². The summed E-state index contributed by atoms with van der Waals surface area (Å²) in [6, 6.07) is 4.44. The highest BCUT2D eigenvalue weighted by Crippen LogP contribution is 2.20. The minimum absolute atomic E-state index is 0.215. The summed E-state index contributed by atoms with van der Waals surface area (Å²) in [5, 5.41) is 2.80. The molecular formula is C13H15BrFNO2. The lowest BCUT2D eigenvalue weighted by Crippen LogP contribution is -2.26. The Labute approximate surface area is 114 Å². The van der Waals surface area contributed by atoms with Gasteiger partial charge in [-0.3, -0.25) is 4.79 Å². The summed E-state index contributed by atoms with van der Waals surface area (Å²) in [5.41, 5.74) is 0.331. The van der Waals surface area contributed by atoms with E-state index < -0.39 is 5.82 Å². The highest BCUT2D eigenvalue weighted by Gasteiger charge is 2.16. The van der Waals surface area contributed by atoms with Crippen LogP contribution >= 0.6 is 15.9 Å². The lowest BCUT2D eigenvalue weighted by Gasteiger charge is -2.10. The van der Waals surface area contributed by atoms with Gasteiger partial charge in [-0.25, -0.2) is 4.39 Å². The normalized spacial score (nSPS) is 18.9. The van der Waals surface area contributed by atoms with E-state index in [-0.39, 0.29) is 10.4 Å². The molecule has 1 unspecified atom stereocenters. The molecule has 5 heteroatoms. The van der Waals surface area contributed by atoms with Crippen LogP contribution in [0.2, 0.25) is 0 Å². The van der Waals surface area contributed by atoms with Crippen molar-refractivity contribution in [2.24, 2.45) is 5.92 Å². The molecule has 1 fully saturated rings. The molecule has 18 heavy (non-hydrogen) atoms. The number of benzene rings is 1. The Morgan fingerprint density at radius 2 is 2.39 bits per heavy atom. The SMILES string of the molecule is O=C(NCCC1CCOC1)c1cccc(F)c1Br. The van der Waals surface area contributed by atoms with Crippen molar-refractivity contribution < 1.29 is 13.9 Å². The fraction of sp³-hybridized carbons (Fsp3) is 0.462. The van der Waals surface area contributed by atoms with Crippen LogP contribution in [-0.4, -0.2) is 25.7 Å². The molecule has 1 saturated heterocycles. The van der Waals surface area contributed by atoms with Crippen LogP contribution in [0.4, 0.5) is 4.39 Å². The highest BCUT2D eigenvalue weighted by atomic mass is 79.9. The van der Waals surface area contributed by atoms with Crippen LogP contribution in [0.15, 0.2) is 22.7 Å². The summed E-state index contributed by atoms with van der Waals surface area (Å²) in [6.45, 7) is 2.18. The average molecular weight is 316 g/mol. The number of carbonyl (C=O) groups excluding carboxylic acids is 1. The maximum atomic E-state index is 13.3. The molecule has 3 nitrogen and oxygen atoms in total. The van der Waals surface area contributed by atoms with Gasteiger partial charge in [-0.05, 0) is 46.8 Å². The van der Waals surface area contributed by atoms with Gasteiger partial charge in [-0.2, -0.15) is 0 Å². The Kier molecular flexibility index (Phi) is 4.72. The first kappa shape index (κ1) is 13.5. The fourth-order valence-corrected chi connectivity index (χ4v) is 2.42. The van der Waals surface area contributed by atoms with Gasteiger partial charge in [-0.1, -0.05) is 6.07 Å². The van der Waals surface area contributed by atoms with E-state index in [2.05, 4.69) is 21.2 Å². The number of hydrogen-bond acceptors (Lipinski definition) is 2. The topological polar surface area (TPSA) is 38.3 Å². The molecule has 0 bridgehead atoms. The minimum atomic E-state index is -0.424. The van der Waals surface area contributed by atoms with E-state index in [1.165, 1.54) is 12.1 Å². The second-order valence-corrected chi connectivity index (χ2v) is 5.17. The summed E-state index contributed by atoms with van der Waals surface area (Å²) in [7, 11) is 0. The first-order valence-electron chi connectivity index (χ1n) is 5.98. The maximum absolute atomic E-state index is 13.3. The van der Waals surface area contributed by atoms with Crippen molar-refractivity contribution >= 4 is 21.8 Å². The highest BCUT2D eigenvalue weighted by molar-refractivity contribution is 9.10. The zero-order valence-electron chi connectivity index (χ0n) is 9.92. The maximum Gasteiger partial charge on any atom is 0.252 e. The quantitative estimate of drug-likeness (QED) is 0.927. The molecular weight excluding hydrogens is 301 g/mol. The van der Waals surface area contributed by atoms with Crippen molar-refractivity contribution in [3.63, 3.8) is 0 Å². The third-order valence-corrected chi connectivity index (χ3v) is 3.86. The van der Waals surface area contributed by atoms with Gasteiger partial charge >= 0.3 is 0 Å². The molecule has 0 aliphatic carbocycles. The summed E-state index contributed by atoms with van der Waals surface area (Å²) in [4.78, 5) is 11.9. The zero-order chi connectivity index (χ0) is 13.0. The Bertz CT molecular complexity index is 433. The van der Waals surface area contributed by atoms with Gasteiger partial charge in [0.1, 0.15) is 5.82 Å². The van der Waals surface area contributed by atoms with Gasteiger partial charge in [0.15, 0.2) is 0 Å². The first-order chi connectivity index (χ1) is 8.68. The summed E-state index contributed by atoms with van der Waals surface area (Å²) in [6.07, 6.45) is 1.96. The molecule has 1 aliphatic rings. The van der Waals surface area contributed by atoms with E-state index in [4.69, 9.17) is 4.74 Å². The summed E-state index contributed by atoms with van der Waals surface area (Å²) < 4.78 is 18.7. The molecule has 1 atom stereocenters. The molecule has 2 rings (SSSR count). The number of amides is 1. The van der Waals surface area contributed by atoms with Crippen molar-refractivity contribution in [1.29, 1.82) is 0 Å². The largest absolute Gasteiger partial charge is 0.381 e. The first-order valence-corrected chi connectivity index (χ1v) is 6.77. The van der Waals surface area contributed by atoms with Gasteiger partial charge in [-0.15, -0.1) is 0 Å². The van der Waals surface area contributed by atoms with Crippen LogP contribution < -0.4 is 5.32 Å². The van der Waals surface area contributed by atoms with E-state index in [9.17, 15) is 9.18 Å². The summed E-state index contributed by atoms with van der Waals surface area (Å²) >= 11 is 3.08. The van der Waals surface area contributed by atoms with Gasteiger partial charge in [0, 0.05) is 19.8 Å². The third-order valence-electron chi connectivity index (χ3n) is 3.06. The lowest BCUT2D eigenvalue weighted by molar-refractivity contribution is 0.0949. The van der Waals surface area contributed by atoms with E-state index in [1.54, 1.807) is 6.07 Å². The number of rotatable bonds is 4. The predicted molar refractivity (Wildman–Crippen MR) is 70.0 cm³/mol. The third kappa shape index (κ3) is 3.29. The second kappa shape index (κ2) is 6.29. The van der Waals surface area contributed by atoms with E-state index in [1.807, 2.05) is 0 Å². The number of nitrogens with one attached hydrogen (secondary N) is 1. The zero-order valence-corrected chi connectivity index (χ0v) is 11.5. The van der Waals surface area contributed by atoms with E-state index in [0.717, 1.165) is 26.1 Å². The molecule has 0 aromatic heterocycles. The number of carbonyl (C=O) groups is 1.